The Hall–Kier alpha value is -2.34. The molecule has 0 spiro atoms. The van der Waals surface area contributed by atoms with Gasteiger partial charge in [0.2, 0.25) is 5.91 Å². The fraction of sp³-hybridized carbons (Fsp3) is 0.278. The molecule has 0 saturated heterocycles. The second-order valence-corrected chi connectivity index (χ2v) is 7.76. The maximum absolute atomic E-state index is 12.1. The Morgan fingerprint density at radius 3 is 2.08 bits per heavy atom. The lowest BCUT2D eigenvalue weighted by Crippen LogP contribution is -2.16. The molecule has 1 aliphatic carbocycles. The van der Waals surface area contributed by atoms with Crippen LogP contribution in [0.3, 0.4) is 0 Å². The summed E-state index contributed by atoms with van der Waals surface area (Å²) in [7, 11) is 0. The van der Waals surface area contributed by atoms with E-state index in [1.165, 1.54) is 23.9 Å². The van der Waals surface area contributed by atoms with E-state index in [1.54, 1.807) is 12.1 Å². The molecule has 1 fully saturated rings. The third-order valence-electron chi connectivity index (χ3n) is 4.24. The van der Waals surface area contributed by atoms with Crippen LogP contribution in [0.5, 0.6) is 0 Å². The van der Waals surface area contributed by atoms with Gasteiger partial charge in [-0.05, 0) is 48.2 Å². The highest BCUT2D eigenvalue weighted by Crippen LogP contribution is 2.52. The number of rotatable bonds is 5. The number of non-ortho nitro benzene ring substituents is 1. The van der Waals surface area contributed by atoms with Gasteiger partial charge in [0.05, 0.1) is 4.92 Å². The summed E-state index contributed by atoms with van der Waals surface area (Å²) in [4.78, 5) is 24.3. The van der Waals surface area contributed by atoms with Gasteiger partial charge >= 0.3 is 0 Å². The second kappa shape index (κ2) is 6.28. The molecule has 1 saturated carbocycles. The van der Waals surface area contributed by atoms with Crippen LogP contribution in [0.15, 0.2) is 58.3 Å². The van der Waals surface area contributed by atoms with Gasteiger partial charge in [-0.2, -0.15) is 0 Å². The van der Waals surface area contributed by atoms with Gasteiger partial charge in [-0.25, -0.2) is 0 Å². The lowest BCUT2D eigenvalue weighted by atomic mass is 10.1. The first kappa shape index (κ1) is 16.5. The molecule has 3 rings (SSSR count). The topological polar surface area (TPSA) is 72.2 Å². The molecule has 124 valence electrons. The van der Waals surface area contributed by atoms with E-state index in [-0.39, 0.29) is 22.9 Å². The Bertz CT molecular complexity index is 770. The number of carbonyl (C=O) groups is 1. The van der Waals surface area contributed by atoms with E-state index in [2.05, 4.69) is 19.2 Å². The molecule has 0 radical (unpaired) electrons. The molecule has 24 heavy (non-hydrogen) atoms. The zero-order chi connectivity index (χ0) is 17.3. The molecule has 1 atom stereocenters. The number of hydrogen-bond acceptors (Lipinski definition) is 4. The average Bonchev–Trinajstić information content (AvgIpc) is 3.19. The predicted molar refractivity (Wildman–Crippen MR) is 94.2 cm³/mol. The summed E-state index contributed by atoms with van der Waals surface area (Å²) in [6.45, 7) is 4.20. The maximum Gasteiger partial charge on any atom is 0.269 e. The first-order valence-corrected chi connectivity index (χ1v) is 8.50. The van der Waals surface area contributed by atoms with Gasteiger partial charge in [-0.1, -0.05) is 25.6 Å². The summed E-state index contributed by atoms with van der Waals surface area (Å²) in [5, 5.41) is 13.6. The van der Waals surface area contributed by atoms with Crippen molar-refractivity contribution < 1.29 is 9.72 Å². The fourth-order valence-corrected chi connectivity index (χ4v) is 3.34. The highest BCUT2D eigenvalue weighted by molar-refractivity contribution is 7.99. The molecule has 0 heterocycles. The number of benzene rings is 2. The minimum absolute atomic E-state index is 0.0794. The fourth-order valence-electron chi connectivity index (χ4n) is 2.52. The van der Waals surface area contributed by atoms with E-state index in [1.807, 2.05) is 24.3 Å². The highest BCUT2D eigenvalue weighted by Gasteiger charge is 2.50. The largest absolute Gasteiger partial charge is 0.326 e. The minimum Gasteiger partial charge on any atom is -0.326 e. The summed E-state index contributed by atoms with van der Waals surface area (Å²) >= 11 is 1.52. The van der Waals surface area contributed by atoms with Crippen molar-refractivity contribution in [3.8, 4) is 0 Å². The Morgan fingerprint density at radius 2 is 1.62 bits per heavy atom. The molecule has 5 nitrogen and oxygen atoms in total. The van der Waals surface area contributed by atoms with Crippen LogP contribution in [0, 0.1) is 21.4 Å². The lowest BCUT2D eigenvalue weighted by Gasteiger charge is -2.07. The Labute approximate surface area is 144 Å². The van der Waals surface area contributed by atoms with Crippen molar-refractivity contribution in [2.45, 2.75) is 30.1 Å². The van der Waals surface area contributed by atoms with Crippen molar-refractivity contribution >= 4 is 29.0 Å². The molecule has 0 aromatic heterocycles. The van der Waals surface area contributed by atoms with Crippen LogP contribution in [0.25, 0.3) is 0 Å². The van der Waals surface area contributed by atoms with E-state index >= 15 is 0 Å². The predicted octanol–water partition coefficient (Wildman–Crippen LogP) is 4.73. The third-order valence-corrected chi connectivity index (χ3v) is 5.25. The average molecular weight is 342 g/mol. The van der Waals surface area contributed by atoms with Gasteiger partial charge in [0, 0.05) is 33.5 Å². The molecule has 1 amide bonds. The summed E-state index contributed by atoms with van der Waals surface area (Å²) in [6.07, 6.45) is 0.937. The van der Waals surface area contributed by atoms with Gasteiger partial charge < -0.3 is 5.32 Å². The second-order valence-electron chi connectivity index (χ2n) is 6.61. The quantitative estimate of drug-likeness (QED) is 0.630. The van der Waals surface area contributed by atoms with Crippen molar-refractivity contribution in [2.75, 3.05) is 5.32 Å². The van der Waals surface area contributed by atoms with Crippen LogP contribution in [0.2, 0.25) is 0 Å². The van der Waals surface area contributed by atoms with Gasteiger partial charge in [-0.15, -0.1) is 0 Å². The Balaban J connectivity index is 1.60. The maximum atomic E-state index is 12.1. The molecule has 1 unspecified atom stereocenters. The van der Waals surface area contributed by atoms with Crippen molar-refractivity contribution in [2.24, 2.45) is 11.3 Å². The van der Waals surface area contributed by atoms with E-state index in [0.717, 1.165) is 21.9 Å². The molecule has 2 aromatic carbocycles. The SMILES string of the molecule is CC1(C)CC1C(=O)Nc1ccc(Sc2ccc([N+](=O)[O-])cc2)cc1. The van der Waals surface area contributed by atoms with Gasteiger partial charge in [0.25, 0.3) is 5.69 Å². The summed E-state index contributed by atoms with van der Waals surface area (Å²) in [6, 6.07) is 14.1. The van der Waals surface area contributed by atoms with Crippen molar-refractivity contribution in [1.82, 2.24) is 0 Å². The lowest BCUT2D eigenvalue weighted by molar-refractivity contribution is -0.384. The van der Waals surface area contributed by atoms with Crippen LogP contribution in [-0.2, 0) is 4.79 Å². The molecule has 0 aliphatic heterocycles. The van der Waals surface area contributed by atoms with Crippen molar-refractivity contribution in [3.05, 3.63) is 58.6 Å². The summed E-state index contributed by atoms with van der Waals surface area (Å²) in [5.74, 6) is 0.183. The van der Waals surface area contributed by atoms with E-state index in [9.17, 15) is 14.9 Å². The standard InChI is InChI=1S/C18H18N2O3S/c1-18(2)11-16(18)17(21)19-12-3-7-14(8-4-12)24-15-9-5-13(6-10-15)20(22)23/h3-10,16H,11H2,1-2H3,(H,19,21). The Morgan fingerprint density at radius 1 is 1.12 bits per heavy atom. The summed E-state index contributed by atoms with van der Waals surface area (Å²) < 4.78 is 0. The van der Waals surface area contributed by atoms with E-state index < -0.39 is 4.92 Å². The van der Waals surface area contributed by atoms with Crippen LogP contribution >= 0.6 is 11.8 Å². The van der Waals surface area contributed by atoms with Crippen LogP contribution in [0.1, 0.15) is 20.3 Å². The molecule has 2 aromatic rings. The van der Waals surface area contributed by atoms with Gasteiger partial charge in [0.15, 0.2) is 0 Å². The zero-order valence-corrected chi connectivity index (χ0v) is 14.3. The molecule has 1 N–H and O–H groups in total. The number of amides is 1. The monoisotopic (exact) mass is 342 g/mol. The van der Waals surface area contributed by atoms with E-state index in [4.69, 9.17) is 0 Å². The number of nitro groups is 1. The molecular weight excluding hydrogens is 324 g/mol. The van der Waals surface area contributed by atoms with Crippen LogP contribution in [0.4, 0.5) is 11.4 Å². The molecule has 6 heteroatoms. The van der Waals surface area contributed by atoms with Crippen molar-refractivity contribution in [3.63, 3.8) is 0 Å². The first-order chi connectivity index (χ1) is 11.3. The van der Waals surface area contributed by atoms with Crippen LogP contribution < -0.4 is 5.32 Å². The van der Waals surface area contributed by atoms with Gasteiger partial charge in [0.1, 0.15) is 0 Å². The number of nitro benzene ring substituents is 1. The molecule has 1 aliphatic rings. The zero-order valence-electron chi connectivity index (χ0n) is 13.5. The number of nitrogens with one attached hydrogen (secondary N) is 1. The summed E-state index contributed by atoms with van der Waals surface area (Å²) in [5.41, 5.74) is 0.992. The number of carbonyl (C=O) groups excluding carboxylic acids is 1. The normalized spacial score (nSPS) is 18.0. The molecular formula is C18H18N2O3S. The van der Waals surface area contributed by atoms with E-state index in [0.29, 0.717) is 0 Å². The third kappa shape index (κ3) is 3.76. The number of hydrogen-bond donors (Lipinski definition) is 1. The van der Waals surface area contributed by atoms with Gasteiger partial charge in [-0.3, -0.25) is 14.9 Å². The minimum atomic E-state index is -0.410. The number of nitrogens with zero attached hydrogens (tertiary/aromatic N) is 1. The highest BCUT2D eigenvalue weighted by atomic mass is 32.2. The molecule has 0 bridgehead atoms. The Kier molecular flexibility index (Phi) is 4.32. The first-order valence-electron chi connectivity index (χ1n) is 7.68. The van der Waals surface area contributed by atoms with Crippen LogP contribution in [-0.4, -0.2) is 10.8 Å². The number of anilines is 1. The van der Waals surface area contributed by atoms with Crippen molar-refractivity contribution in [1.29, 1.82) is 0 Å². The smallest absolute Gasteiger partial charge is 0.269 e.